The van der Waals surface area contributed by atoms with E-state index in [4.69, 9.17) is 0 Å². The van der Waals surface area contributed by atoms with Gasteiger partial charge in [-0.25, -0.2) is 0 Å². The zero-order chi connectivity index (χ0) is 12.7. The minimum absolute atomic E-state index is 0. The highest BCUT2D eigenvalue weighted by molar-refractivity contribution is 14.0. The van der Waals surface area contributed by atoms with E-state index in [0.717, 1.165) is 45.0 Å². The smallest absolute Gasteiger partial charge is 0.191 e. The summed E-state index contributed by atoms with van der Waals surface area (Å²) in [4.78, 5) is 6.92. The van der Waals surface area contributed by atoms with Gasteiger partial charge in [0.25, 0.3) is 0 Å². The van der Waals surface area contributed by atoms with Crippen molar-refractivity contribution in [3.05, 3.63) is 0 Å². The molecule has 0 bridgehead atoms. The molecule has 0 aromatic carbocycles. The second-order valence-electron chi connectivity index (χ2n) is 5.22. The van der Waals surface area contributed by atoms with Crippen molar-refractivity contribution in [3.8, 4) is 0 Å². The summed E-state index contributed by atoms with van der Waals surface area (Å²) in [5.41, 5.74) is 0. The van der Waals surface area contributed by atoms with Crippen molar-refractivity contribution >= 4 is 29.9 Å². The zero-order valence-corrected chi connectivity index (χ0v) is 14.5. The Labute approximate surface area is 129 Å². The van der Waals surface area contributed by atoms with E-state index in [-0.39, 0.29) is 24.0 Å². The Bertz CT molecular complexity index is 233. The summed E-state index contributed by atoms with van der Waals surface area (Å²) in [6, 6.07) is 1.25. The van der Waals surface area contributed by atoms with E-state index in [1.54, 1.807) is 0 Å². The number of nitrogens with zero attached hydrogens (tertiary/aromatic N) is 2. The highest BCUT2D eigenvalue weighted by Gasteiger charge is 2.12. The lowest BCUT2D eigenvalue weighted by molar-refractivity contribution is 0.173. The lowest BCUT2D eigenvalue weighted by atomic mass is 10.2. The third-order valence-corrected chi connectivity index (χ3v) is 3.11. The molecule has 0 fully saturated rings. The first kappa shape index (κ1) is 18.0. The van der Waals surface area contributed by atoms with Crippen LogP contribution in [0.5, 0.6) is 0 Å². The van der Waals surface area contributed by atoms with Crippen molar-refractivity contribution in [2.24, 2.45) is 4.99 Å². The zero-order valence-electron chi connectivity index (χ0n) is 12.2. The summed E-state index contributed by atoms with van der Waals surface area (Å²) in [5, 5.41) is 6.65. The maximum absolute atomic E-state index is 4.40. The maximum atomic E-state index is 4.40. The van der Waals surface area contributed by atoms with E-state index in [1.807, 2.05) is 0 Å². The van der Waals surface area contributed by atoms with Crippen LogP contribution < -0.4 is 10.6 Å². The summed E-state index contributed by atoms with van der Waals surface area (Å²) in [6.45, 7) is 13.2. The van der Waals surface area contributed by atoms with Gasteiger partial charge in [0.05, 0.1) is 0 Å². The molecule has 1 rings (SSSR count). The molecule has 5 heteroatoms. The number of hydrogen-bond donors (Lipinski definition) is 2. The molecule has 2 N–H and O–H groups in total. The van der Waals surface area contributed by atoms with Crippen molar-refractivity contribution in [1.29, 1.82) is 0 Å². The minimum atomic E-state index is 0. The molecular formula is C13H29IN4. The van der Waals surface area contributed by atoms with Crippen LogP contribution in [0, 0.1) is 0 Å². The highest BCUT2D eigenvalue weighted by atomic mass is 127. The number of nitrogens with one attached hydrogen (secondary N) is 2. The maximum Gasteiger partial charge on any atom is 0.191 e. The molecule has 0 aromatic heterocycles. The van der Waals surface area contributed by atoms with Gasteiger partial charge in [-0.3, -0.25) is 9.89 Å². The highest BCUT2D eigenvalue weighted by Crippen LogP contribution is 2.05. The summed E-state index contributed by atoms with van der Waals surface area (Å²) in [7, 11) is 0. The SMILES string of the molecule is CC(C)N(CCCNC1=NCCCN1)C(C)C.I. The molecule has 0 amide bonds. The van der Waals surface area contributed by atoms with Crippen LogP contribution in [0.3, 0.4) is 0 Å². The lowest BCUT2D eigenvalue weighted by Gasteiger charge is -2.30. The molecular weight excluding hydrogens is 339 g/mol. The number of rotatable bonds is 6. The van der Waals surface area contributed by atoms with Gasteiger partial charge in [0.1, 0.15) is 0 Å². The van der Waals surface area contributed by atoms with Crippen LogP contribution in [-0.4, -0.2) is 49.1 Å². The van der Waals surface area contributed by atoms with Gasteiger partial charge in [-0.2, -0.15) is 0 Å². The molecule has 0 aliphatic carbocycles. The van der Waals surface area contributed by atoms with Gasteiger partial charge in [0.2, 0.25) is 0 Å². The first-order valence-electron chi connectivity index (χ1n) is 6.89. The number of guanidine groups is 1. The molecule has 0 atom stereocenters. The number of aliphatic imine (C=N–C) groups is 1. The van der Waals surface area contributed by atoms with Crippen LogP contribution in [0.4, 0.5) is 0 Å². The van der Waals surface area contributed by atoms with Crippen molar-refractivity contribution in [2.45, 2.75) is 52.6 Å². The summed E-state index contributed by atoms with van der Waals surface area (Å²) >= 11 is 0. The van der Waals surface area contributed by atoms with Gasteiger partial charge in [-0.1, -0.05) is 0 Å². The fourth-order valence-electron chi connectivity index (χ4n) is 2.23. The molecule has 0 saturated carbocycles. The Kier molecular flexibility index (Phi) is 9.81. The van der Waals surface area contributed by atoms with Gasteiger partial charge < -0.3 is 10.6 Å². The van der Waals surface area contributed by atoms with Crippen molar-refractivity contribution < 1.29 is 0 Å². The molecule has 0 unspecified atom stereocenters. The molecule has 1 aliphatic rings. The molecule has 0 saturated heterocycles. The van der Waals surface area contributed by atoms with Crippen LogP contribution in [0.2, 0.25) is 0 Å². The lowest BCUT2D eigenvalue weighted by Crippen LogP contribution is -2.43. The topological polar surface area (TPSA) is 39.7 Å². The largest absolute Gasteiger partial charge is 0.356 e. The molecule has 0 spiro atoms. The van der Waals surface area contributed by atoms with Crippen molar-refractivity contribution in [1.82, 2.24) is 15.5 Å². The molecule has 108 valence electrons. The normalized spacial score (nSPS) is 15.4. The quantitative estimate of drug-likeness (QED) is 0.557. The van der Waals surface area contributed by atoms with Gasteiger partial charge >= 0.3 is 0 Å². The number of hydrogen-bond acceptors (Lipinski definition) is 4. The van der Waals surface area contributed by atoms with Crippen LogP contribution >= 0.6 is 24.0 Å². The minimum Gasteiger partial charge on any atom is -0.356 e. The van der Waals surface area contributed by atoms with Crippen molar-refractivity contribution in [2.75, 3.05) is 26.2 Å². The monoisotopic (exact) mass is 368 g/mol. The fourth-order valence-corrected chi connectivity index (χ4v) is 2.23. The van der Waals surface area contributed by atoms with Crippen molar-refractivity contribution in [3.63, 3.8) is 0 Å². The first-order valence-corrected chi connectivity index (χ1v) is 6.89. The van der Waals surface area contributed by atoms with Crippen LogP contribution in [-0.2, 0) is 0 Å². The van der Waals surface area contributed by atoms with Crippen LogP contribution in [0.1, 0.15) is 40.5 Å². The number of halogens is 1. The van der Waals surface area contributed by atoms with Gasteiger partial charge in [0, 0.05) is 38.3 Å². The Balaban J connectivity index is 0.00000289. The van der Waals surface area contributed by atoms with Gasteiger partial charge in [-0.05, 0) is 40.5 Å². The Morgan fingerprint density at radius 1 is 1.28 bits per heavy atom. The predicted molar refractivity (Wildman–Crippen MR) is 89.9 cm³/mol. The van der Waals surface area contributed by atoms with E-state index in [0.29, 0.717) is 12.1 Å². The molecule has 0 radical (unpaired) electrons. The molecule has 0 aromatic rings. The van der Waals surface area contributed by atoms with Crippen LogP contribution in [0.15, 0.2) is 4.99 Å². The van der Waals surface area contributed by atoms with E-state index < -0.39 is 0 Å². The third-order valence-electron chi connectivity index (χ3n) is 3.11. The van der Waals surface area contributed by atoms with Gasteiger partial charge in [0.15, 0.2) is 5.96 Å². The van der Waals surface area contributed by atoms with E-state index in [9.17, 15) is 0 Å². The Morgan fingerprint density at radius 3 is 2.44 bits per heavy atom. The van der Waals surface area contributed by atoms with E-state index >= 15 is 0 Å². The fraction of sp³-hybridized carbons (Fsp3) is 0.923. The third kappa shape index (κ3) is 6.78. The predicted octanol–water partition coefficient (Wildman–Crippen LogP) is 2.05. The molecule has 18 heavy (non-hydrogen) atoms. The van der Waals surface area contributed by atoms with E-state index in [1.165, 1.54) is 0 Å². The van der Waals surface area contributed by atoms with Crippen LogP contribution in [0.25, 0.3) is 0 Å². The Hall–Kier alpha value is -0.0400. The summed E-state index contributed by atoms with van der Waals surface area (Å²) in [6.07, 6.45) is 2.32. The Morgan fingerprint density at radius 2 is 1.94 bits per heavy atom. The second kappa shape index (κ2) is 9.83. The average molecular weight is 368 g/mol. The molecule has 1 heterocycles. The summed E-state index contributed by atoms with van der Waals surface area (Å²) in [5.74, 6) is 0.983. The molecule has 1 aliphatic heterocycles. The summed E-state index contributed by atoms with van der Waals surface area (Å²) < 4.78 is 0. The average Bonchev–Trinajstić information content (AvgIpc) is 2.29. The first-order chi connectivity index (χ1) is 8.11. The van der Waals surface area contributed by atoms with Gasteiger partial charge in [-0.15, -0.1) is 24.0 Å². The molecule has 4 nitrogen and oxygen atoms in total. The van der Waals surface area contributed by atoms with E-state index in [2.05, 4.69) is 48.2 Å². The second-order valence-corrected chi connectivity index (χ2v) is 5.22. The standard InChI is InChI=1S/C13H28N4.HI/c1-11(2)17(12(3)4)10-6-9-16-13-14-7-5-8-15-13;/h11-12H,5-10H2,1-4H3,(H2,14,15,16);1H.